The first-order valence-corrected chi connectivity index (χ1v) is 16.6. The smallest absolute Gasteiger partial charge is 0.264 e. The largest absolute Gasteiger partial charge is 0.381 e. The molecule has 4 atom stereocenters. The van der Waals surface area contributed by atoms with Gasteiger partial charge >= 0.3 is 0 Å². The molecule has 9 heteroatoms. The van der Waals surface area contributed by atoms with Gasteiger partial charge in [-0.1, -0.05) is 97.9 Å². The van der Waals surface area contributed by atoms with Crippen LogP contribution >= 0.6 is 0 Å². The van der Waals surface area contributed by atoms with Crippen LogP contribution in [0.1, 0.15) is 42.9 Å². The summed E-state index contributed by atoms with van der Waals surface area (Å²) in [6, 6.07) is 31.1. The molecule has 3 aromatic carbocycles. The fourth-order valence-corrected chi connectivity index (χ4v) is 7.20. The summed E-state index contributed by atoms with van der Waals surface area (Å²) >= 11 is 0. The quantitative estimate of drug-likeness (QED) is 0.143. The average molecular weight is 604 g/mol. The second kappa shape index (κ2) is 13.5. The first kappa shape index (κ1) is 31.1. The van der Waals surface area contributed by atoms with E-state index in [9.17, 15) is 8.42 Å². The molecule has 228 valence electrons. The Kier molecular flexibility index (Phi) is 9.76. The van der Waals surface area contributed by atoms with Gasteiger partial charge in [-0.05, 0) is 47.3 Å². The number of aromatic nitrogens is 3. The van der Waals surface area contributed by atoms with Crippen molar-refractivity contribution in [3.8, 4) is 0 Å². The van der Waals surface area contributed by atoms with E-state index in [1.165, 1.54) is 6.33 Å². The van der Waals surface area contributed by atoms with Gasteiger partial charge < -0.3 is 9.47 Å². The summed E-state index contributed by atoms with van der Waals surface area (Å²) in [6.07, 6.45) is 6.49. The second-order valence-corrected chi connectivity index (χ2v) is 13.4. The molecule has 43 heavy (non-hydrogen) atoms. The van der Waals surface area contributed by atoms with Crippen LogP contribution in [0.25, 0.3) is 0 Å². The molecule has 1 saturated carbocycles. The van der Waals surface area contributed by atoms with Gasteiger partial charge in [-0.15, -0.1) is 0 Å². The molecule has 0 bridgehead atoms. The first-order chi connectivity index (χ1) is 20.7. The van der Waals surface area contributed by atoms with Gasteiger partial charge in [0.2, 0.25) is 0 Å². The molecule has 1 aliphatic rings. The fourth-order valence-electron chi connectivity index (χ4n) is 6.77. The molecule has 0 saturated heterocycles. The Bertz CT molecular complexity index is 1420. The Morgan fingerprint density at radius 2 is 1.49 bits per heavy atom. The predicted octanol–water partition coefficient (Wildman–Crippen LogP) is 5.70. The highest BCUT2D eigenvalue weighted by atomic mass is 32.2. The number of nitrogens with zero attached hydrogens (tertiary/aromatic N) is 3. The van der Waals surface area contributed by atoms with E-state index in [-0.39, 0.29) is 30.0 Å². The second-order valence-electron chi connectivity index (χ2n) is 11.8. The highest BCUT2D eigenvalue weighted by molar-refractivity contribution is 7.85. The van der Waals surface area contributed by atoms with Crippen LogP contribution in [-0.4, -0.2) is 55.9 Å². The summed E-state index contributed by atoms with van der Waals surface area (Å²) in [4.78, 5) is 4.11. The number of ether oxygens (including phenoxy) is 2. The summed E-state index contributed by atoms with van der Waals surface area (Å²) in [7, 11) is -1.83. The number of methoxy groups -OCH3 is 1. The minimum absolute atomic E-state index is 0.0186. The molecule has 4 aromatic rings. The molecule has 0 aliphatic heterocycles. The number of benzene rings is 3. The third-order valence-corrected chi connectivity index (χ3v) is 9.48. The third-order valence-electron chi connectivity index (χ3n) is 8.91. The van der Waals surface area contributed by atoms with Crippen molar-refractivity contribution in [1.29, 1.82) is 0 Å². The molecule has 1 aliphatic carbocycles. The standard InChI is InChI=1S/C34H41N3O5S/c1-33(20-19-27(24-42-43(3,38)39)31(32(33)40-2)23-37-26-35-25-36-37)21-22-41-34(28-13-7-4-8-14-28,29-15-9-5-10-16-29)30-17-11-6-12-18-30/h4-18,25-27,31-32H,19-24H2,1-3H3/t27-,31-,32+,33-/m0/s1. The van der Waals surface area contributed by atoms with Crippen LogP contribution < -0.4 is 0 Å². The highest BCUT2D eigenvalue weighted by Gasteiger charge is 2.48. The van der Waals surface area contributed by atoms with Gasteiger partial charge in [-0.25, -0.2) is 4.98 Å². The molecule has 0 unspecified atom stereocenters. The molecular formula is C34H41N3O5S. The Morgan fingerprint density at radius 3 is 1.95 bits per heavy atom. The monoisotopic (exact) mass is 603 g/mol. The van der Waals surface area contributed by atoms with Gasteiger partial charge in [-0.3, -0.25) is 8.86 Å². The molecule has 0 amide bonds. The van der Waals surface area contributed by atoms with E-state index in [2.05, 4.69) is 89.8 Å². The van der Waals surface area contributed by atoms with Gasteiger partial charge in [-0.2, -0.15) is 13.5 Å². The number of hydrogen-bond donors (Lipinski definition) is 0. The predicted molar refractivity (Wildman–Crippen MR) is 166 cm³/mol. The van der Waals surface area contributed by atoms with E-state index >= 15 is 0 Å². The van der Waals surface area contributed by atoms with Gasteiger partial charge in [0.15, 0.2) is 0 Å². The fraction of sp³-hybridized carbons (Fsp3) is 0.412. The van der Waals surface area contributed by atoms with Gasteiger partial charge in [0.1, 0.15) is 18.3 Å². The zero-order valence-corrected chi connectivity index (χ0v) is 25.9. The van der Waals surface area contributed by atoms with Crippen molar-refractivity contribution in [2.45, 2.75) is 44.4 Å². The molecule has 0 N–H and O–H groups in total. The average Bonchev–Trinajstić information content (AvgIpc) is 3.53. The molecule has 0 radical (unpaired) electrons. The molecule has 1 aromatic heterocycles. The normalized spacial score (nSPS) is 22.8. The van der Waals surface area contributed by atoms with Gasteiger partial charge in [0.25, 0.3) is 10.1 Å². The lowest BCUT2D eigenvalue weighted by molar-refractivity contribution is -0.120. The Hall–Kier alpha value is -3.37. The molecule has 0 spiro atoms. The summed E-state index contributed by atoms with van der Waals surface area (Å²) < 4.78 is 44.2. The molecule has 1 heterocycles. The van der Waals surface area contributed by atoms with Crippen molar-refractivity contribution < 1.29 is 22.1 Å². The van der Waals surface area contributed by atoms with Gasteiger partial charge in [0, 0.05) is 26.2 Å². The lowest BCUT2D eigenvalue weighted by Gasteiger charge is -2.49. The lowest BCUT2D eigenvalue weighted by Crippen LogP contribution is -2.50. The van der Waals surface area contributed by atoms with E-state index in [1.54, 1.807) is 18.1 Å². The van der Waals surface area contributed by atoms with Crippen molar-refractivity contribution >= 4 is 10.1 Å². The minimum atomic E-state index is -3.57. The van der Waals surface area contributed by atoms with Crippen LogP contribution in [0.2, 0.25) is 0 Å². The lowest BCUT2D eigenvalue weighted by atomic mass is 9.62. The Balaban J connectivity index is 1.45. The van der Waals surface area contributed by atoms with Gasteiger partial charge in [0.05, 0.1) is 19.0 Å². The Morgan fingerprint density at radius 1 is 0.930 bits per heavy atom. The number of hydrogen-bond acceptors (Lipinski definition) is 7. The van der Waals surface area contributed by atoms with Crippen LogP contribution in [0.15, 0.2) is 104 Å². The van der Waals surface area contributed by atoms with Crippen LogP contribution in [0, 0.1) is 17.3 Å². The van der Waals surface area contributed by atoms with Crippen molar-refractivity contribution in [3.05, 3.63) is 120 Å². The van der Waals surface area contributed by atoms with Crippen LogP contribution in [0.4, 0.5) is 0 Å². The molecule has 8 nitrogen and oxygen atoms in total. The molecular weight excluding hydrogens is 562 g/mol. The highest BCUT2D eigenvalue weighted by Crippen LogP contribution is 2.48. The van der Waals surface area contributed by atoms with E-state index < -0.39 is 15.7 Å². The first-order valence-electron chi connectivity index (χ1n) is 14.8. The van der Waals surface area contributed by atoms with E-state index in [1.807, 2.05) is 18.2 Å². The number of rotatable bonds is 13. The van der Waals surface area contributed by atoms with Crippen LogP contribution in [-0.2, 0) is 35.9 Å². The minimum Gasteiger partial charge on any atom is -0.381 e. The van der Waals surface area contributed by atoms with Crippen molar-refractivity contribution in [3.63, 3.8) is 0 Å². The zero-order chi connectivity index (χ0) is 30.3. The summed E-state index contributed by atoms with van der Waals surface area (Å²) in [6.45, 7) is 3.40. The molecule has 5 rings (SSSR count). The SMILES string of the molecule is CO[C@@H]1[C@@H](Cn2cncn2)[C@H](COS(C)(=O)=O)CC[C@@]1(C)CCOC(c1ccccc1)(c1ccccc1)c1ccccc1. The van der Waals surface area contributed by atoms with Crippen LogP contribution in [0.3, 0.4) is 0 Å². The Labute approximate surface area is 255 Å². The van der Waals surface area contributed by atoms with E-state index in [4.69, 9.17) is 13.7 Å². The van der Waals surface area contributed by atoms with Crippen molar-refractivity contribution in [2.75, 3.05) is 26.6 Å². The third kappa shape index (κ3) is 7.07. The maximum Gasteiger partial charge on any atom is 0.264 e. The molecule has 1 fully saturated rings. The van der Waals surface area contributed by atoms with Crippen molar-refractivity contribution in [1.82, 2.24) is 14.8 Å². The van der Waals surface area contributed by atoms with E-state index in [0.29, 0.717) is 13.2 Å². The van der Waals surface area contributed by atoms with E-state index in [0.717, 1.165) is 42.2 Å². The summed E-state index contributed by atoms with van der Waals surface area (Å²) in [5, 5.41) is 4.33. The van der Waals surface area contributed by atoms with Crippen molar-refractivity contribution in [2.24, 2.45) is 17.3 Å². The van der Waals surface area contributed by atoms with Crippen LogP contribution in [0.5, 0.6) is 0 Å². The zero-order valence-electron chi connectivity index (χ0n) is 25.1. The maximum absolute atomic E-state index is 11.9. The summed E-state index contributed by atoms with van der Waals surface area (Å²) in [5.41, 5.74) is 2.14. The summed E-state index contributed by atoms with van der Waals surface area (Å²) in [5.74, 6) is -0.0516. The maximum atomic E-state index is 11.9. The topological polar surface area (TPSA) is 92.5 Å².